The van der Waals surface area contributed by atoms with Crippen LogP contribution in [0.2, 0.25) is 0 Å². The fourth-order valence-corrected chi connectivity index (χ4v) is 5.27. The lowest BCUT2D eigenvalue weighted by Gasteiger charge is -2.41. The number of piperidine rings is 1. The van der Waals surface area contributed by atoms with Crippen molar-refractivity contribution in [3.8, 4) is 11.4 Å². The van der Waals surface area contributed by atoms with Gasteiger partial charge in [0.05, 0.1) is 5.69 Å². The summed E-state index contributed by atoms with van der Waals surface area (Å²) in [6.45, 7) is 14.5. The Hall–Kier alpha value is -2.89. The lowest BCUT2D eigenvalue weighted by Crippen LogP contribution is -2.43. The molecular formula is C27H38N6. The Balaban J connectivity index is 1.83. The maximum Gasteiger partial charge on any atom is 0.162 e. The average Bonchev–Trinajstić information content (AvgIpc) is 2.75. The molecule has 2 aromatic rings. The second kappa shape index (κ2) is 9.16. The molecule has 0 amide bonds. The molecule has 3 heterocycles. The summed E-state index contributed by atoms with van der Waals surface area (Å²) in [7, 11) is 1.93. The van der Waals surface area contributed by atoms with Crippen LogP contribution in [0.15, 0.2) is 30.1 Å². The Morgan fingerprint density at radius 1 is 1.15 bits per heavy atom. The lowest BCUT2D eigenvalue weighted by molar-refractivity contribution is 0.285. The molecule has 176 valence electrons. The van der Waals surface area contributed by atoms with E-state index in [-0.39, 0.29) is 5.41 Å². The number of aromatic nitrogens is 2. The van der Waals surface area contributed by atoms with Crippen LogP contribution in [0.25, 0.3) is 11.4 Å². The predicted molar refractivity (Wildman–Crippen MR) is 137 cm³/mol. The van der Waals surface area contributed by atoms with Crippen molar-refractivity contribution >= 4 is 11.5 Å². The Morgan fingerprint density at radius 2 is 1.88 bits per heavy atom. The van der Waals surface area contributed by atoms with Crippen molar-refractivity contribution in [3.63, 3.8) is 0 Å². The highest BCUT2D eigenvalue weighted by molar-refractivity contribution is 5.90. The molecule has 0 atom stereocenters. The van der Waals surface area contributed by atoms with Gasteiger partial charge >= 0.3 is 0 Å². The molecule has 6 heteroatoms. The second-order valence-corrected chi connectivity index (χ2v) is 10.4. The van der Waals surface area contributed by atoms with Crippen LogP contribution < -0.4 is 10.2 Å². The van der Waals surface area contributed by atoms with E-state index in [0.29, 0.717) is 5.71 Å². The molecule has 1 fully saturated rings. The highest BCUT2D eigenvalue weighted by Gasteiger charge is 2.32. The van der Waals surface area contributed by atoms with Crippen LogP contribution in [-0.4, -0.2) is 47.3 Å². The standard InChI is InChI=1S/C27H38N6/c1-18-9-7-10-19(2)24(18)25-30-22-11-14-32(23(29-6)15-20(3)28)16-21(22)26(31-25)33-13-8-12-27(4,5)17-33/h7,9-10,15,28-29H,8,11-14,16-17H2,1-6H3/b23-15+,28-20?. The molecule has 33 heavy (non-hydrogen) atoms. The molecule has 0 radical (unpaired) electrons. The third kappa shape index (κ3) is 4.90. The molecule has 6 nitrogen and oxygen atoms in total. The number of nitrogens with zero attached hydrogens (tertiary/aromatic N) is 4. The first-order valence-corrected chi connectivity index (χ1v) is 12.1. The Bertz CT molecular complexity index is 1060. The van der Waals surface area contributed by atoms with E-state index in [4.69, 9.17) is 15.4 Å². The molecule has 1 aromatic heterocycles. The molecule has 0 saturated carbocycles. The number of anilines is 1. The van der Waals surface area contributed by atoms with Gasteiger partial charge in [-0.3, -0.25) is 0 Å². The summed E-state index contributed by atoms with van der Waals surface area (Å²) in [4.78, 5) is 15.2. The van der Waals surface area contributed by atoms with Crippen molar-refractivity contribution < 1.29 is 0 Å². The molecule has 4 rings (SSSR count). The largest absolute Gasteiger partial charge is 0.375 e. The maximum atomic E-state index is 7.93. The fraction of sp³-hybridized carbons (Fsp3) is 0.519. The number of nitrogens with one attached hydrogen (secondary N) is 2. The summed E-state index contributed by atoms with van der Waals surface area (Å²) in [6, 6.07) is 6.41. The zero-order valence-electron chi connectivity index (χ0n) is 21.0. The maximum absolute atomic E-state index is 7.93. The minimum absolute atomic E-state index is 0.274. The summed E-state index contributed by atoms with van der Waals surface area (Å²) >= 11 is 0. The van der Waals surface area contributed by atoms with E-state index in [9.17, 15) is 0 Å². The number of fused-ring (bicyclic) bond motifs is 1. The van der Waals surface area contributed by atoms with Gasteiger partial charge < -0.3 is 20.5 Å². The molecular weight excluding hydrogens is 408 g/mol. The molecule has 0 unspecified atom stereocenters. The van der Waals surface area contributed by atoms with Crippen LogP contribution in [-0.2, 0) is 13.0 Å². The molecule has 1 saturated heterocycles. The van der Waals surface area contributed by atoms with E-state index in [0.717, 1.165) is 55.6 Å². The number of hydrogen-bond acceptors (Lipinski definition) is 6. The van der Waals surface area contributed by atoms with Crippen molar-refractivity contribution in [2.24, 2.45) is 5.41 Å². The van der Waals surface area contributed by atoms with Gasteiger partial charge in [0.2, 0.25) is 0 Å². The number of benzene rings is 1. The molecule has 0 aliphatic carbocycles. The number of allylic oxidation sites excluding steroid dienone is 1. The first-order chi connectivity index (χ1) is 15.7. The van der Waals surface area contributed by atoms with Crippen LogP contribution in [0, 0.1) is 24.7 Å². The quantitative estimate of drug-likeness (QED) is 0.643. The number of aryl methyl sites for hydroxylation is 2. The van der Waals surface area contributed by atoms with Gasteiger partial charge in [-0.05, 0) is 56.2 Å². The van der Waals surface area contributed by atoms with Gasteiger partial charge in [0.1, 0.15) is 11.6 Å². The van der Waals surface area contributed by atoms with Gasteiger partial charge in [0, 0.05) is 56.5 Å². The highest BCUT2D eigenvalue weighted by atomic mass is 15.3. The molecule has 2 aliphatic heterocycles. The highest BCUT2D eigenvalue weighted by Crippen LogP contribution is 2.37. The molecule has 2 aliphatic rings. The Morgan fingerprint density at radius 3 is 2.52 bits per heavy atom. The summed E-state index contributed by atoms with van der Waals surface area (Å²) < 4.78 is 0. The van der Waals surface area contributed by atoms with E-state index >= 15 is 0 Å². The lowest BCUT2D eigenvalue weighted by atomic mass is 9.84. The molecule has 0 spiro atoms. The van der Waals surface area contributed by atoms with Crippen molar-refractivity contribution in [1.29, 1.82) is 5.41 Å². The van der Waals surface area contributed by atoms with E-state index < -0.39 is 0 Å². The van der Waals surface area contributed by atoms with E-state index in [1.807, 2.05) is 20.0 Å². The number of rotatable bonds is 5. The SMILES string of the molecule is CN/C(=C\C(C)=N)N1CCc2nc(-c3c(C)cccc3C)nc(N3CCCC(C)(C)C3)c2C1. The average molecular weight is 447 g/mol. The summed E-state index contributed by atoms with van der Waals surface area (Å²) in [6.07, 6.45) is 5.21. The zero-order chi connectivity index (χ0) is 23.8. The van der Waals surface area contributed by atoms with E-state index in [2.05, 4.69) is 61.0 Å². The normalized spacial score (nSPS) is 18.2. The van der Waals surface area contributed by atoms with Gasteiger partial charge in [-0.15, -0.1) is 0 Å². The van der Waals surface area contributed by atoms with E-state index in [1.165, 1.54) is 35.2 Å². The van der Waals surface area contributed by atoms with Crippen LogP contribution in [0.1, 0.15) is 56.0 Å². The first-order valence-electron chi connectivity index (χ1n) is 12.1. The Kier molecular flexibility index (Phi) is 6.46. The predicted octanol–water partition coefficient (Wildman–Crippen LogP) is 4.85. The van der Waals surface area contributed by atoms with E-state index in [1.54, 1.807) is 0 Å². The van der Waals surface area contributed by atoms with Crippen molar-refractivity contribution in [3.05, 3.63) is 52.5 Å². The monoisotopic (exact) mass is 446 g/mol. The smallest absolute Gasteiger partial charge is 0.162 e. The van der Waals surface area contributed by atoms with Gasteiger partial charge in [-0.1, -0.05) is 32.0 Å². The second-order valence-electron chi connectivity index (χ2n) is 10.4. The van der Waals surface area contributed by atoms with Crippen molar-refractivity contribution in [2.45, 2.75) is 60.4 Å². The third-order valence-electron chi connectivity index (χ3n) is 6.89. The Labute approximate surface area is 198 Å². The first kappa shape index (κ1) is 23.3. The van der Waals surface area contributed by atoms with Gasteiger partial charge in [0.15, 0.2) is 5.82 Å². The fourth-order valence-electron chi connectivity index (χ4n) is 5.27. The van der Waals surface area contributed by atoms with Crippen molar-refractivity contribution in [2.75, 3.05) is 31.6 Å². The summed E-state index contributed by atoms with van der Waals surface area (Å²) in [5.41, 5.74) is 6.83. The van der Waals surface area contributed by atoms with Gasteiger partial charge in [-0.2, -0.15) is 0 Å². The minimum atomic E-state index is 0.274. The molecule has 2 N–H and O–H groups in total. The minimum Gasteiger partial charge on any atom is -0.375 e. The topological polar surface area (TPSA) is 68.1 Å². The van der Waals surface area contributed by atoms with Crippen LogP contribution >= 0.6 is 0 Å². The third-order valence-corrected chi connectivity index (χ3v) is 6.89. The number of hydrogen-bond donors (Lipinski definition) is 2. The van der Waals surface area contributed by atoms with Crippen LogP contribution in [0.4, 0.5) is 5.82 Å². The van der Waals surface area contributed by atoms with Gasteiger partial charge in [-0.25, -0.2) is 9.97 Å². The molecule has 1 aromatic carbocycles. The summed E-state index contributed by atoms with van der Waals surface area (Å²) in [5, 5.41) is 11.2. The van der Waals surface area contributed by atoms with Crippen LogP contribution in [0.3, 0.4) is 0 Å². The van der Waals surface area contributed by atoms with Gasteiger partial charge in [0.25, 0.3) is 0 Å². The zero-order valence-corrected chi connectivity index (χ0v) is 21.0. The van der Waals surface area contributed by atoms with Crippen LogP contribution in [0.5, 0.6) is 0 Å². The summed E-state index contributed by atoms with van der Waals surface area (Å²) in [5.74, 6) is 2.94. The van der Waals surface area contributed by atoms with Crippen molar-refractivity contribution in [1.82, 2.24) is 20.2 Å². The molecule has 0 bridgehead atoms.